The van der Waals surface area contributed by atoms with Crippen molar-refractivity contribution in [3.8, 4) is 0 Å². The summed E-state index contributed by atoms with van der Waals surface area (Å²) in [5.74, 6) is -0.981. The summed E-state index contributed by atoms with van der Waals surface area (Å²) in [4.78, 5) is 22.7. The molecule has 0 fully saturated rings. The number of methoxy groups -OCH3 is 1. The van der Waals surface area contributed by atoms with Gasteiger partial charge in [0.25, 0.3) is 0 Å². The number of benzene rings is 1. The van der Waals surface area contributed by atoms with Crippen molar-refractivity contribution >= 4 is 11.9 Å². The second-order valence-corrected chi connectivity index (χ2v) is 3.28. The average Bonchev–Trinajstić information content (AvgIpc) is 2.28. The van der Waals surface area contributed by atoms with Crippen molar-refractivity contribution in [3.63, 3.8) is 0 Å². The summed E-state index contributed by atoms with van der Waals surface area (Å²) in [6, 6.07) is 7.08. The van der Waals surface area contributed by atoms with Crippen LogP contribution in [0.1, 0.15) is 15.9 Å². The lowest BCUT2D eigenvalue weighted by atomic mass is 9.99. The van der Waals surface area contributed by atoms with Gasteiger partial charge in [0.15, 0.2) is 0 Å². The minimum Gasteiger partial charge on any atom is -0.466 e. The molecule has 0 spiro atoms. The number of cyclic esters (lactones) is 1. The predicted molar refractivity (Wildman–Crippen MR) is 51.4 cm³/mol. The number of hydrogen-bond acceptors (Lipinski definition) is 4. The molecule has 15 heavy (non-hydrogen) atoms. The molecular weight excluding hydrogens is 196 g/mol. The maximum atomic E-state index is 11.5. The first-order valence-electron chi connectivity index (χ1n) is 4.59. The Morgan fingerprint density at radius 3 is 2.93 bits per heavy atom. The van der Waals surface area contributed by atoms with Gasteiger partial charge < -0.3 is 9.47 Å². The summed E-state index contributed by atoms with van der Waals surface area (Å²) < 4.78 is 9.49. The van der Waals surface area contributed by atoms with E-state index < -0.39 is 18.0 Å². The van der Waals surface area contributed by atoms with Crippen LogP contribution in [0.4, 0.5) is 0 Å². The van der Waals surface area contributed by atoms with Crippen LogP contribution in [0.5, 0.6) is 0 Å². The molecule has 4 heteroatoms. The molecule has 1 aromatic rings. The predicted octanol–water partition coefficient (Wildman–Crippen LogP) is 0.941. The number of esters is 2. The van der Waals surface area contributed by atoms with Gasteiger partial charge in [-0.2, -0.15) is 0 Å². The Morgan fingerprint density at radius 1 is 1.47 bits per heavy atom. The van der Waals surface area contributed by atoms with Crippen molar-refractivity contribution in [2.24, 2.45) is 0 Å². The van der Waals surface area contributed by atoms with E-state index >= 15 is 0 Å². The summed E-state index contributed by atoms with van der Waals surface area (Å²) in [6.07, 6.45) is -0.424. The molecule has 0 bridgehead atoms. The van der Waals surface area contributed by atoms with E-state index in [4.69, 9.17) is 4.74 Å². The molecular formula is C11H10O4. The van der Waals surface area contributed by atoms with Gasteiger partial charge in [0.2, 0.25) is 6.10 Å². The van der Waals surface area contributed by atoms with Crippen molar-refractivity contribution < 1.29 is 19.1 Å². The van der Waals surface area contributed by atoms with Crippen LogP contribution in [0, 0.1) is 0 Å². The molecule has 1 aromatic carbocycles. The lowest BCUT2D eigenvalue weighted by Crippen LogP contribution is -2.34. The van der Waals surface area contributed by atoms with Crippen molar-refractivity contribution in [1.82, 2.24) is 0 Å². The van der Waals surface area contributed by atoms with Crippen LogP contribution in [0.25, 0.3) is 0 Å². The molecule has 4 nitrogen and oxygen atoms in total. The third kappa shape index (κ3) is 1.70. The number of carbonyl (C=O) groups excluding carboxylic acids is 2. The summed E-state index contributed by atoms with van der Waals surface area (Å²) in [5.41, 5.74) is 1.35. The van der Waals surface area contributed by atoms with Gasteiger partial charge >= 0.3 is 11.9 Å². The zero-order valence-electron chi connectivity index (χ0n) is 8.23. The summed E-state index contributed by atoms with van der Waals surface area (Å²) >= 11 is 0. The lowest BCUT2D eigenvalue weighted by molar-refractivity contribution is -0.151. The third-order valence-electron chi connectivity index (χ3n) is 2.36. The first-order chi connectivity index (χ1) is 7.22. The van der Waals surface area contributed by atoms with Gasteiger partial charge in [0.05, 0.1) is 12.7 Å². The van der Waals surface area contributed by atoms with E-state index in [9.17, 15) is 9.59 Å². The largest absolute Gasteiger partial charge is 0.466 e. The monoisotopic (exact) mass is 206 g/mol. The molecule has 1 aliphatic rings. The van der Waals surface area contributed by atoms with E-state index in [2.05, 4.69) is 4.74 Å². The smallest absolute Gasteiger partial charge is 0.347 e. The Balaban J connectivity index is 2.30. The van der Waals surface area contributed by atoms with Gasteiger partial charge in [-0.05, 0) is 11.6 Å². The van der Waals surface area contributed by atoms with Gasteiger partial charge in [-0.1, -0.05) is 18.2 Å². The van der Waals surface area contributed by atoms with Gasteiger partial charge in [-0.25, -0.2) is 9.59 Å². The summed E-state index contributed by atoms with van der Waals surface area (Å²) in [6.45, 7) is 0. The molecule has 0 saturated carbocycles. The first kappa shape index (κ1) is 9.71. The van der Waals surface area contributed by atoms with Gasteiger partial charge in [0, 0.05) is 6.42 Å². The molecule has 0 radical (unpaired) electrons. The zero-order chi connectivity index (χ0) is 10.8. The van der Waals surface area contributed by atoms with E-state index in [1.54, 1.807) is 12.1 Å². The van der Waals surface area contributed by atoms with Gasteiger partial charge in [-0.3, -0.25) is 0 Å². The zero-order valence-corrected chi connectivity index (χ0v) is 8.23. The van der Waals surface area contributed by atoms with Crippen LogP contribution in [0.15, 0.2) is 24.3 Å². The fourth-order valence-corrected chi connectivity index (χ4v) is 1.59. The molecule has 0 saturated heterocycles. The van der Waals surface area contributed by atoms with E-state index in [-0.39, 0.29) is 0 Å². The molecule has 0 aromatic heterocycles. The maximum Gasteiger partial charge on any atom is 0.347 e. The minimum atomic E-state index is -0.808. The number of carbonyl (C=O) groups is 2. The van der Waals surface area contributed by atoms with E-state index in [1.165, 1.54) is 7.11 Å². The Kier molecular flexibility index (Phi) is 2.41. The standard InChI is InChI=1S/C11H10O4/c1-14-11(13)9-6-7-4-2-3-5-8(7)10(12)15-9/h2-5,9H,6H2,1H3/t9-/m0/s1. The average molecular weight is 206 g/mol. The molecule has 1 atom stereocenters. The Morgan fingerprint density at radius 2 is 2.20 bits per heavy atom. The molecule has 2 rings (SSSR count). The maximum absolute atomic E-state index is 11.5. The fourth-order valence-electron chi connectivity index (χ4n) is 1.59. The number of hydrogen-bond donors (Lipinski definition) is 0. The Bertz CT molecular complexity index is 411. The summed E-state index contributed by atoms with van der Waals surface area (Å²) in [7, 11) is 1.27. The highest BCUT2D eigenvalue weighted by atomic mass is 16.6. The highest BCUT2D eigenvalue weighted by Gasteiger charge is 2.31. The van der Waals surface area contributed by atoms with Crippen LogP contribution in [-0.2, 0) is 20.7 Å². The lowest BCUT2D eigenvalue weighted by Gasteiger charge is -2.22. The van der Waals surface area contributed by atoms with Crippen molar-refractivity contribution in [1.29, 1.82) is 0 Å². The van der Waals surface area contributed by atoms with E-state index in [0.29, 0.717) is 12.0 Å². The topological polar surface area (TPSA) is 52.6 Å². The second-order valence-electron chi connectivity index (χ2n) is 3.28. The van der Waals surface area contributed by atoms with Gasteiger partial charge in [-0.15, -0.1) is 0 Å². The molecule has 1 heterocycles. The van der Waals surface area contributed by atoms with Crippen LogP contribution in [0.2, 0.25) is 0 Å². The molecule has 0 amide bonds. The van der Waals surface area contributed by atoms with Gasteiger partial charge in [0.1, 0.15) is 0 Å². The highest BCUT2D eigenvalue weighted by Crippen LogP contribution is 2.20. The molecule has 0 N–H and O–H groups in total. The molecule has 0 aliphatic carbocycles. The van der Waals surface area contributed by atoms with E-state index in [0.717, 1.165) is 5.56 Å². The number of ether oxygens (including phenoxy) is 2. The third-order valence-corrected chi connectivity index (χ3v) is 2.36. The van der Waals surface area contributed by atoms with Crippen LogP contribution in [-0.4, -0.2) is 25.2 Å². The van der Waals surface area contributed by atoms with Crippen molar-refractivity contribution in [2.75, 3.05) is 7.11 Å². The molecule has 78 valence electrons. The first-order valence-corrected chi connectivity index (χ1v) is 4.59. The highest BCUT2D eigenvalue weighted by molar-refractivity contribution is 5.94. The van der Waals surface area contributed by atoms with Crippen LogP contribution >= 0.6 is 0 Å². The van der Waals surface area contributed by atoms with Crippen LogP contribution < -0.4 is 0 Å². The van der Waals surface area contributed by atoms with E-state index in [1.807, 2.05) is 12.1 Å². The molecule has 0 unspecified atom stereocenters. The summed E-state index contributed by atoms with van der Waals surface area (Å²) in [5, 5.41) is 0. The Labute approximate surface area is 86.8 Å². The fraction of sp³-hybridized carbons (Fsp3) is 0.273. The minimum absolute atomic E-state index is 0.384. The Hall–Kier alpha value is -1.84. The molecule has 1 aliphatic heterocycles. The number of fused-ring (bicyclic) bond motifs is 1. The van der Waals surface area contributed by atoms with Crippen molar-refractivity contribution in [3.05, 3.63) is 35.4 Å². The SMILES string of the molecule is COC(=O)[C@@H]1Cc2ccccc2C(=O)O1. The number of rotatable bonds is 1. The van der Waals surface area contributed by atoms with Crippen molar-refractivity contribution in [2.45, 2.75) is 12.5 Å². The normalized spacial score (nSPS) is 19.0. The quantitative estimate of drug-likeness (QED) is 0.642. The second kappa shape index (κ2) is 3.73. The van der Waals surface area contributed by atoms with Crippen LogP contribution in [0.3, 0.4) is 0 Å².